The summed E-state index contributed by atoms with van der Waals surface area (Å²) in [7, 11) is 0. The van der Waals surface area contributed by atoms with Gasteiger partial charge in [0.2, 0.25) is 0 Å². The minimum atomic E-state index is 0.0725. The third-order valence-electron chi connectivity index (χ3n) is 6.20. The van der Waals surface area contributed by atoms with E-state index in [1.807, 2.05) is 36.4 Å². The first kappa shape index (κ1) is 14.5. The molecule has 0 spiro atoms. The molecule has 0 fully saturated rings. The average Bonchev–Trinajstić information content (AvgIpc) is 3.13. The summed E-state index contributed by atoms with van der Waals surface area (Å²) in [5.41, 5.74) is 3.32. The maximum Gasteiger partial charge on any atom is 0.270 e. The molecule has 1 aromatic heterocycles. The van der Waals surface area contributed by atoms with Crippen LogP contribution in [0.2, 0.25) is 0 Å². The summed E-state index contributed by atoms with van der Waals surface area (Å²) in [6, 6.07) is 22.8. The third-order valence-corrected chi connectivity index (χ3v) is 7.38. The zero-order valence-electron chi connectivity index (χ0n) is 15.1. The Hall–Kier alpha value is -3.44. The Morgan fingerprint density at radius 3 is 2.00 bits per heavy atom. The maximum atomic E-state index is 6.54. The summed E-state index contributed by atoms with van der Waals surface area (Å²) in [5.74, 6) is 5.29. The SMILES string of the molecule is c1cc2c3c(c1)Oc1cc4c(sc5ccccc54)c4c1B3c1c(cccc1O4)O2. The molecular weight excluding hydrogens is 379 g/mol. The molecule has 4 aromatic carbocycles. The Balaban J connectivity index is 1.58. The lowest BCUT2D eigenvalue weighted by molar-refractivity contribution is 0.445. The molecule has 29 heavy (non-hydrogen) atoms. The van der Waals surface area contributed by atoms with E-state index in [0.29, 0.717) is 0 Å². The summed E-state index contributed by atoms with van der Waals surface area (Å²) in [6.07, 6.45) is 0. The largest absolute Gasteiger partial charge is 0.458 e. The van der Waals surface area contributed by atoms with Gasteiger partial charge in [-0.15, -0.1) is 11.3 Å². The van der Waals surface area contributed by atoms with Crippen molar-refractivity contribution in [2.24, 2.45) is 0 Å². The molecule has 5 aromatic rings. The minimum Gasteiger partial charge on any atom is -0.458 e. The van der Waals surface area contributed by atoms with E-state index in [1.54, 1.807) is 11.3 Å². The number of benzene rings is 4. The summed E-state index contributed by atoms with van der Waals surface area (Å²) < 4.78 is 21.6. The van der Waals surface area contributed by atoms with Crippen LogP contribution in [-0.2, 0) is 0 Å². The first-order valence-corrected chi connectivity index (χ1v) is 10.5. The molecule has 0 saturated heterocycles. The number of hydrogen-bond donors (Lipinski definition) is 0. The molecule has 0 amide bonds. The first-order chi connectivity index (χ1) is 14.4. The molecule has 3 nitrogen and oxygen atoms in total. The Bertz CT molecular complexity index is 1530. The zero-order chi connectivity index (χ0) is 18.7. The third kappa shape index (κ3) is 1.63. The molecule has 3 aliphatic rings. The molecule has 0 atom stereocenters. The van der Waals surface area contributed by atoms with E-state index in [2.05, 4.69) is 30.3 Å². The molecule has 0 N–H and O–H groups in total. The molecule has 0 saturated carbocycles. The predicted molar refractivity (Wildman–Crippen MR) is 117 cm³/mol. The smallest absolute Gasteiger partial charge is 0.270 e. The second-order valence-corrected chi connectivity index (χ2v) is 8.72. The highest BCUT2D eigenvalue weighted by Crippen LogP contribution is 2.47. The van der Waals surface area contributed by atoms with E-state index in [0.717, 1.165) is 50.9 Å². The molecular formula is C24H11BO3S. The molecule has 5 heteroatoms. The van der Waals surface area contributed by atoms with Gasteiger partial charge in [-0.2, -0.15) is 0 Å². The summed E-state index contributed by atoms with van der Waals surface area (Å²) in [5, 5.41) is 2.43. The van der Waals surface area contributed by atoms with Crippen LogP contribution >= 0.6 is 11.3 Å². The Kier molecular flexibility index (Phi) is 2.38. The summed E-state index contributed by atoms with van der Waals surface area (Å²) >= 11 is 1.78. The average molecular weight is 390 g/mol. The van der Waals surface area contributed by atoms with Gasteiger partial charge in [0, 0.05) is 31.9 Å². The van der Waals surface area contributed by atoms with Crippen molar-refractivity contribution in [3.05, 3.63) is 66.7 Å². The van der Waals surface area contributed by atoms with E-state index in [-0.39, 0.29) is 6.71 Å². The fraction of sp³-hybridized carbons (Fsp3) is 0. The standard InChI is InChI=1S/C24H11BO3S/c1-2-10-19-12(5-1)13-11-18-22-23(24(13)29-19)28-17-9-4-7-15-21(17)25(22)20-14(26-15)6-3-8-16(20)27-18/h1-11H. The van der Waals surface area contributed by atoms with Crippen molar-refractivity contribution in [1.29, 1.82) is 0 Å². The van der Waals surface area contributed by atoms with E-state index in [1.165, 1.54) is 20.2 Å². The highest BCUT2D eigenvalue weighted by Gasteiger charge is 2.47. The van der Waals surface area contributed by atoms with Gasteiger partial charge in [-0.3, -0.25) is 0 Å². The summed E-state index contributed by atoms with van der Waals surface area (Å²) in [4.78, 5) is 0. The van der Waals surface area contributed by atoms with E-state index >= 15 is 0 Å². The maximum absolute atomic E-state index is 6.54. The van der Waals surface area contributed by atoms with Crippen molar-refractivity contribution < 1.29 is 14.2 Å². The van der Waals surface area contributed by atoms with Crippen LogP contribution in [0.4, 0.5) is 0 Å². The van der Waals surface area contributed by atoms with E-state index < -0.39 is 0 Å². The second-order valence-electron chi connectivity index (χ2n) is 7.67. The zero-order valence-corrected chi connectivity index (χ0v) is 15.9. The first-order valence-electron chi connectivity index (χ1n) is 9.64. The predicted octanol–water partition coefficient (Wildman–Crippen LogP) is 4.89. The number of hydrogen-bond acceptors (Lipinski definition) is 4. The van der Waals surface area contributed by atoms with Crippen molar-refractivity contribution in [1.82, 2.24) is 0 Å². The fourth-order valence-corrected chi connectivity index (χ4v) is 6.21. The lowest BCUT2D eigenvalue weighted by Gasteiger charge is -2.37. The number of ether oxygens (including phenoxy) is 3. The number of thiophene rings is 1. The van der Waals surface area contributed by atoms with Crippen LogP contribution in [-0.4, -0.2) is 6.71 Å². The highest BCUT2D eigenvalue weighted by molar-refractivity contribution is 7.26. The Labute approximate surface area is 170 Å². The number of rotatable bonds is 0. The van der Waals surface area contributed by atoms with E-state index in [9.17, 15) is 0 Å². The molecule has 0 bridgehead atoms. The van der Waals surface area contributed by atoms with Crippen LogP contribution in [0, 0.1) is 0 Å². The lowest BCUT2D eigenvalue weighted by Crippen LogP contribution is -2.59. The van der Waals surface area contributed by atoms with Crippen LogP contribution in [0.1, 0.15) is 0 Å². The second kappa shape index (κ2) is 4.75. The molecule has 8 rings (SSSR count). The monoisotopic (exact) mass is 390 g/mol. The van der Waals surface area contributed by atoms with Crippen molar-refractivity contribution in [3.63, 3.8) is 0 Å². The van der Waals surface area contributed by atoms with Crippen molar-refractivity contribution in [2.75, 3.05) is 0 Å². The summed E-state index contributed by atoms with van der Waals surface area (Å²) in [6.45, 7) is 0.0725. The molecule has 4 heterocycles. The lowest BCUT2D eigenvalue weighted by atomic mass is 9.34. The molecule has 134 valence electrons. The van der Waals surface area contributed by atoms with E-state index in [4.69, 9.17) is 14.2 Å². The van der Waals surface area contributed by atoms with Gasteiger partial charge in [0.15, 0.2) is 0 Å². The van der Waals surface area contributed by atoms with Crippen molar-refractivity contribution in [2.45, 2.75) is 0 Å². The van der Waals surface area contributed by atoms with Crippen molar-refractivity contribution in [3.8, 4) is 34.5 Å². The van der Waals surface area contributed by atoms with Gasteiger partial charge in [-0.25, -0.2) is 0 Å². The van der Waals surface area contributed by atoms with Crippen molar-refractivity contribution >= 4 is 54.6 Å². The normalized spacial score (nSPS) is 14.3. The minimum absolute atomic E-state index is 0.0725. The van der Waals surface area contributed by atoms with Gasteiger partial charge in [-0.05, 0) is 36.4 Å². The van der Waals surface area contributed by atoms with Crippen LogP contribution in [0.3, 0.4) is 0 Å². The topological polar surface area (TPSA) is 27.7 Å². The van der Waals surface area contributed by atoms with Crippen LogP contribution in [0.5, 0.6) is 34.5 Å². The van der Waals surface area contributed by atoms with Gasteiger partial charge in [-0.1, -0.05) is 30.3 Å². The van der Waals surface area contributed by atoms with Gasteiger partial charge in [0.05, 0.1) is 4.70 Å². The van der Waals surface area contributed by atoms with Gasteiger partial charge in [0.1, 0.15) is 34.5 Å². The quantitative estimate of drug-likeness (QED) is 0.345. The molecule has 0 unspecified atom stereocenters. The van der Waals surface area contributed by atoms with Gasteiger partial charge >= 0.3 is 0 Å². The molecule has 3 aliphatic heterocycles. The van der Waals surface area contributed by atoms with Gasteiger partial charge in [0.25, 0.3) is 6.71 Å². The Morgan fingerprint density at radius 2 is 1.24 bits per heavy atom. The molecule has 0 aliphatic carbocycles. The Morgan fingerprint density at radius 1 is 0.586 bits per heavy atom. The highest BCUT2D eigenvalue weighted by atomic mass is 32.1. The molecule has 0 radical (unpaired) electrons. The van der Waals surface area contributed by atoms with Crippen LogP contribution < -0.4 is 30.6 Å². The van der Waals surface area contributed by atoms with Crippen LogP contribution in [0.15, 0.2) is 66.7 Å². The fourth-order valence-electron chi connectivity index (χ4n) is 5.03. The van der Waals surface area contributed by atoms with Crippen LogP contribution in [0.25, 0.3) is 20.2 Å². The number of fused-ring (bicyclic) bond motifs is 4. The van der Waals surface area contributed by atoms with Gasteiger partial charge < -0.3 is 14.2 Å².